The van der Waals surface area contributed by atoms with Gasteiger partial charge in [0.15, 0.2) is 0 Å². The summed E-state index contributed by atoms with van der Waals surface area (Å²) in [4.78, 5) is 13.4. The van der Waals surface area contributed by atoms with Crippen LogP contribution in [0.4, 0.5) is 5.82 Å². The average Bonchev–Trinajstić information content (AvgIpc) is 3.19. The molecule has 4 nitrogen and oxygen atoms in total. The third kappa shape index (κ3) is 2.97. The Labute approximate surface area is 152 Å². The highest BCUT2D eigenvalue weighted by Crippen LogP contribution is 2.43. The highest BCUT2D eigenvalue weighted by molar-refractivity contribution is 8.00. The van der Waals surface area contributed by atoms with Crippen LogP contribution < -0.4 is 5.32 Å². The second-order valence-corrected chi connectivity index (χ2v) is 7.93. The van der Waals surface area contributed by atoms with E-state index < -0.39 is 0 Å². The van der Waals surface area contributed by atoms with Gasteiger partial charge >= 0.3 is 0 Å². The average molecular weight is 376 g/mol. The number of nitrogens with zero attached hydrogens (tertiary/aromatic N) is 2. The minimum absolute atomic E-state index is 0.00112. The predicted molar refractivity (Wildman–Crippen MR) is 100 cm³/mol. The molecule has 0 saturated heterocycles. The van der Waals surface area contributed by atoms with Crippen molar-refractivity contribution in [2.75, 3.05) is 11.1 Å². The Morgan fingerprint density at radius 3 is 2.96 bits per heavy atom. The maximum atomic E-state index is 12.1. The zero-order valence-corrected chi connectivity index (χ0v) is 15.0. The summed E-state index contributed by atoms with van der Waals surface area (Å²) in [6.45, 7) is 0.525. The fraction of sp³-hybridized carbons (Fsp3) is 0.176. The Morgan fingerprint density at radius 2 is 2.17 bits per heavy atom. The van der Waals surface area contributed by atoms with Crippen LogP contribution in [-0.4, -0.2) is 21.4 Å². The quantitative estimate of drug-likeness (QED) is 0.737. The van der Waals surface area contributed by atoms with E-state index in [0.29, 0.717) is 17.3 Å². The van der Waals surface area contributed by atoms with Crippen LogP contribution in [0.15, 0.2) is 48.0 Å². The SMILES string of the molecule is O=C1CS[C@H](c2cccs2)c2cnn(Cc3ccccc3Cl)c2N1. The van der Waals surface area contributed by atoms with Gasteiger partial charge in [0, 0.05) is 15.5 Å². The van der Waals surface area contributed by atoms with Crippen molar-refractivity contribution >= 4 is 46.4 Å². The van der Waals surface area contributed by atoms with Crippen LogP contribution in [0.3, 0.4) is 0 Å². The minimum Gasteiger partial charge on any atom is -0.310 e. The van der Waals surface area contributed by atoms with Gasteiger partial charge in [0.25, 0.3) is 0 Å². The standard InChI is InChI=1S/C17H14ClN3OS2/c18-13-5-2-1-4-11(13)9-21-17-12(8-19-21)16(14-6-3-7-23-14)24-10-15(22)20-17/h1-8,16H,9-10H2,(H,20,22)/t16-/m0/s1. The lowest BCUT2D eigenvalue weighted by molar-refractivity contribution is -0.113. The van der Waals surface area contributed by atoms with E-state index in [2.05, 4.69) is 21.9 Å². The molecule has 4 rings (SSSR count). The highest BCUT2D eigenvalue weighted by Gasteiger charge is 2.28. The molecule has 0 unspecified atom stereocenters. The topological polar surface area (TPSA) is 46.9 Å². The van der Waals surface area contributed by atoms with E-state index in [-0.39, 0.29) is 11.2 Å². The highest BCUT2D eigenvalue weighted by atomic mass is 35.5. The molecule has 0 bridgehead atoms. The van der Waals surface area contributed by atoms with E-state index in [1.807, 2.05) is 41.2 Å². The molecule has 1 N–H and O–H groups in total. The maximum absolute atomic E-state index is 12.1. The summed E-state index contributed by atoms with van der Waals surface area (Å²) in [5.41, 5.74) is 2.02. The van der Waals surface area contributed by atoms with Crippen LogP contribution in [0.1, 0.15) is 21.3 Å². The van der Waals surface area contributed by atoms with Gasteiger partial charge in [-0.25, -0.2) is 4.68 Å². The molecule has 24 heavy (non-hydrogen) atoms. The molecule has 0 fully saturated rings. The molecule has 1 amide bonds. The van der Waals surface area contributed by atoms with Gasteiger partial charge in [0.1, 0.15) is 5.82 Å². The van der Waals surface area contributed by atoms with Crippen molar-refractivity contribution in [3.8, 4) is 0 Å². The molecule has 1 aliphatic rings. The molecule has 2 aromatic heterocycles. The Kier molecular flexibility index (Phi) is 4.35. The Bertz CT molecular complexity index is 876. The first-order valence-electron chi connectivity index (χ1n) is 7.46. The fourth-order valence-corrected chi connectivity index (χ4v) is 5.00. The van der Waals surface area contributed by atoms with Gasteiger partial charge in [0.2, 0.25) is 5.91 Å². The number of nitrogens with one attached hydrogen (secondary N) is 1. The van der Waals surface area contributed by atoms with Crippen LogP contribution in [-0.2, 0) is 11.3 Å². The number of fused-ring (bicyclic) bond motifs is 1. The smallest absolute Gasteiger partial charge is 0.235 e. The van der Waals surface area contributed by atoms with E-state index in [9.17, 15) is 4.79 Å². The van der Waals surface area contributed by atoms with Crippen molar-refractivity contribution in [1.29, 1.82) is 0 Å². The van der Waals surface area contributed by atoms with Crippen molar-refractivity contribution in [2.24, 2.45) is 0 Å². The van der Waals surface area contributed by atoms with Crippen molar-refractivity contribution in [3.63, 3.8) is 0 Å². The Morgan fingerprint density at radius 1 is 1.29 bits per heavy atom. The van der Waals surface area contributed by atoms with Crippen molar-refractivity contribution in [3.05, 3.63) is 69.0 Å². The van der Waals surface area contributed by atoms with E-state index in [4.69, 9.17) is 11.6 Å². The number of thioether (sulfide) groups is 1. The van der Waals surface area contributed by atoms with Crippen molar-refractivity contribution in [2.45, 2.75) is 11.8 Å². The first kappa shape index (κ1) is 15.7. The number of anilines is 1. The van der Waals surface area contributed by atoms with Gasteiger partial charge in [-0.05, 0) is 23.1 Å². The lowest BCUT2D eigenvalue weighted by Gasteiger charge is -2.12. The second-order valence-electron chi connectivity index (χ2n) is 5.45. The van der Waals surface area contributed by atoms with Gasteiger partial charge in [-0.2, -0.15) is 5.10 Å². The summed E-state index contributed by atoms with van der Waals surface area (Å²) < 4.78 is 1.82. The van der Waals surface area contributed by atoms with E-state index in [1.54, 1.807) is 23.1 Å². The summed E-state index contributed by atoms with van der Waals surface area (Å²) in [5, 5.41) is 10.4. The number of thiophene rings is 1. The van der Waals surface area contributed by atoms with Crippen molar-refractivity contribution in [1.82, 2.24) is 9.78 Å². The maximum Gasteiger partial charge on any atom is 0.235 e. The van der Waals surface area contributed by atoms with Crippen molar-refractivity contribution < 1.29 is 4.79 Å². The molecule has 7 heteroatoms. The summed E-state index contributed by atoms with van der Waals surface area (Å²) in [7, 11) is 0. The molecular formula is C17H14ClN3OS2. The number of aromatic nitrogens is 2. The molecule has 0 radical (unpaired) electrons. The lowest BCUT2D eigenvalue weighted by atomic mass is 10.2. The molecule has 1 aliphatic heterocycles. The number of halogens is 1. The number of benzene rings is 1. The molecule has 122 valence electrons. The molecule has 1 aromatic carbocycles. The van der Waals surface area contributed by atoms with E-state index in [1.165, 1.54) is 4.88 Å². The molecule has 1 atom stereocenters. The van der Waals surface area contributed by atoms with Crippen LogP contribution in [0.2, 0.25) is 5.02 Å². The third-order valence-corrected chi connectivity index (χ3v) is 6.59. The molecule has 3 aromatic rings. The van der Waals surface area contributed by atoms with Gasteiger partial charge < -0.3 is 5.32 Å². The molecule has 0 spiro atoms. The molecule has 0 saturated carbocycles. The Balaban J connectivity index is 1.74. The largest absolute Gasteiger partial charge is 0.310 e. The summed E-state index contributed by atoms with van der Waals surface area (Å²) in [5.74, 6) is 1.20. The van der Waals surface area contributed by atoms with Crippen LogP contribution in [0.25, 0.3) is 0 Å². The number of hydrogen-bond donors (Lipinski definition) is 1. The van der Waals surface area contributed by atoms with Gasteiger partial charge in [0.05, 0.1) is 23.7 Å². The normalized spacial score (nSPS) is 17.2. The lowest BCUT2D eigenvalue weighted by Crippen LogP contribution is -2.17. The van der Waals surface area contributed by atoms with Crippen LogP contribution in [0.5, 0.6) is 0 Å². The van der Waals surface area contributed by atoms with Gasteiger partial charge in [-0.15, -0.1) is 23.1 Å². The van der Waals surface area contributed by atoms with Gasteiger partial charge in [-0.3, -0.25) is 4.79 Å². The number of hydrogen-bond acceptors (Lipinski definition) is 4. The monoisotopic (exact) mass is 375 g/mol. The molecule has 0 aliphatic carbocycles. The second kappa shape index (κ2) is 6.63. The van der Waals surface area contributed by atoms with Crippen LogP contribution >= 0.6 is 34.7 Å². The fourth-order valence-electron chi connectivity index (χ4n) is 2.73. The predicted octanol–water partition coefficient (Wildman–Crippen LogP) is 4.42. The number of carbonyl (C=O) groups excluding carboxylic acids is 1. The minimum atomic E-state index is 0.00112. The van der Waals surface area contributed by atoms with E-state index >= 15 is 0 Å². The first-order valence-corrected chi connectivity index (χ1v) is 9.77. The number of amides is 1. The van der Waals surface area contributed by atoms with Crippen LogP contribution in [0, 0.1) is 0 Å². The van der Waals surface area contributed by atoms with Gasteiger partial charge in [-0.1, -0.05) is 35.9 Å². The summed E-state index contributed by atoms with van der Waals surface area (Å²) in [6, 6.07) is 11.8. The summed E-state index contributed by atoms with van der Waals surface area (Å²) in [6.07, 6.45) is 1.86. The molecular weight excluding hydrogens is 362 g/mol. The Hall–Kier alpha value is -1.76. The summed E-state index contributed by atoms with van der Waals surface area (Å²) >= 11 is 9.60. The zero-order chi connectivity index (χ0) is 16.5. The number of rotatable bonds is 3. The number of carbonyl (C=O) groups is 1. The van der Waals surface area contributed by atoms with E-state index in [0.717, 1.165) is 16.9 Å². The zero-order valence-electron chi connectivity index (χ0n) is 12.6. The molecule has 3 heterocycles. The third-order valence-electron chi connectivity index (χ3n) is 3.87. The first-order chi connectivity index (χ1) is 11.7.